The van der Waals surface area contributed by atoms with Gasteiger partial charge in [-0.05, 0) is 95.4 Å². The predicted octanol–water partition coefficient (Wildman–Crippen LogP) is 14.9. The SMILES string of the molecule is c1ccc(-c2nc(-c3cccc(-c4ccc5cc(-c6cccc7ccccc67)ccc5c4)c3)nc(-c3cccc4c3-c3ccccc3C4(c3ccccc3)c3ccccc3)n2)cc1. The number of rotatable bonds is 7. The van der Waals surface area contributed by atoms with Gasteiger partial charge < -0.3 is 0 Å². The molecule has 12 rings (SSSR count). The van der Waals surface area contributed by atoms with Gasteiger partial charge in [0, 0.05) is 16.7 Å². The van der Waals surface area contributed by atoms with E-state index in [4.69, 9.17) is 15.0 Å². The molecule has 3 heteroatoms. The highest BCUT2D eigenvalue weighted by Gasteiger charge is 2.47. The summed E-state index contributed by atoms with van der Waals surface area (Å²) in [6, 6.07) is 84.7. The molecule has 3 nitrogen and oxygen atoms in total. The van der Waals surface area contributed by atoms with Gasteiger partial charge in [0.25, 0.3) is 0 Å². The Hall–Kier alpha value is -8.27. The van der Waals surface area contributed by atoms with Gasteiger partial charge in [0.1, 0.15) is 0 Å². The summed E-state index contributed by atoms with van der Waals surface area (Å²) in [6.07, 6.45) is 0. The van der Waals surface area contributed by atoms with E-state index in [9.17, 15) is 0 Å². The third-order valence-electron chi connectivity index (χ3n) is 12.8. The van der Waals surface area contributed by atoms with Crippen LogP contribution in [0.2, 0.25) is 0 Å². The van der Waals surface area contributed by atoms with Crippen LogP contribution < -0.4 is 0 Å². The lowest BCUT2D eigenvalue weighted by atomic mass is 9.67. The van der Waals surface area contributed by atoms with Gasteiger partial charge in [-0.3, -0.25) is 0 Å². The molecule has 0 aliphatic heterocycles. The Morgan fingerprint density at radius 3 is 1.54 bits per heavy atom. The molecule has 0 fully saturated rings. The smallest absolute Gasteiger partial charge is 0.164 e. The molecule has 1 aliphatic rings. The van der Waals surface area contributed by atoms with E-state index in [1.807, 2.05) is 18.2 Å². The second-order valence-corrected chi connectivity index (χ2v) is 16.3. The summed E-state index contributed by atoms with van der Waals surface area (Å²) in [5.41, 5.74) is 14.2. The minimum absolute atomic E-state index is 0.533. The summed E-state index contributed by atoms with van der Waals surface area (Å²) in [7, 11) is 0. The molecule has 0 spiro atoms. The van der Waals surface area contributed by atoms with Crippen molar-refractivity contribution in [1.29, 1.82) is 0 Å². The fraction of sp³-hybridized carbons (Fsp3) is 0.0167. The topological polar surface area (TPSA) is 38.7 Å². The van der Waals surface area contributed by atoms with E-state index in [0.717, 1.165) is 33.4 Å². The van der Waals surface area contributed by atoms with Gasteiger partial charge in [-0.2, -0.15) is 0 Å². The standard InChI is InChI=1S/C60H39N3/c1-4-18-41(19-5-1)57-61-58(47-22-14-21-42(39-47)43-33-34-45-38-46(36-35-44(45)37-43)51-29-15-20-40-17-10-11-27-50(40)51)63-59(62-57)53-30-16-32-55-56(53)52-28-12-13-31-54(52)60(55,48-23-6-2-7-24-48)49-25-8-3-9-26-49/h1-39H. The van der Waals surface area contributed by atoms with Crippen LogP contribution in [0.15, 0.2) is 237 Å². The lowest BCUT2D eigenvalue weighted by molar-refractivity contribution is 0.768. The second-order valence-electron chi connectivity index (χ2n) is 16.3. The molecule has 1 aromatic heterocycles. The minimum atomic E-state index is -0.533. The van der Waals surface area contributed by atoms with Crippen LogP contribution in [0.3, 0.4) is 0 Å². The normalized spacial score (nSPS) is 12.6. The largest absolute Gasteiger partial charge is 0.208 e. The molecule has 0 atom stereocenters. The fourth-order valence-electron chi connectivity index (χ4n) is 9.93. The quantitative estimate of drug-likeness (QED) is 0.161. The Bertz CT molecular complexity index is 3460. The summed E-state index contributed by atoms with van der Waals surface area (Å²) in [5.74, 6) is 1.90. The molecule has 10 aromatic carbocycles. The fourth-order valence-corrected chi connectivity index (χ4v) is 9.93. The highest BCUT2D eigenvalue weighted by Crippen LogP contribution is 2.58. The molecule has 0 saturated carbocycles. The average Bonchev–Trinajstić information content (AvgIpc) is 3.68. The first-order valence-corrected chi connectivity index (χ1v) is 21.5. The third-order valence-corrected chi connectivity index (χ3v) is 12.8. The first-order valence-electron chi connectivity index (χ1n) is 21.5. The van der Waals surface area contributed by atoms with Crippen molar-refractivity contribution >= 4 is 21.5 Å². The van der Waals surface area contributed by atoms with E-state index >= 15 is 0 Å². The monoisotopic (exact) mass is 801 g/mol. The molecular weight excluding hydrogens is 763 g/mol. The number of nitrogens with zero attached hydrogens (tertiary/aromatic N) is 3. The molecule has 0 amide bonds. The molecule has 0 saturated heterocycles. The number of fused-ring (bicyclic) bond motifs is 5. The highest BCUT2D eigenvalue weighted by atomic mass is 15.0. The van der Waals surface area contributed by atoms with Crippen molar-refractivity contribution in [2.75, 3.05) is 0 Å². The zero-order valence-electron chi connectivity index (χ0n) is 34.4. The van der Waals surface area contributed by atoms with E-state index in [0.29, 0.717) is 17.5 Å². The Labute approximate surface area is 366 Å². The molecule has 1 aliphatic carbocycles. The summed E-state index contributed by atoms with van der Waals surface area (Å²) in [5, 5.41) is 4.91. The van der Waals surface area contributed by atoms with E-state index in [1.165, 1.54) is 60.5 Å². The number of hydrogen-bond acceptors (Lipinski definition) is 3. The first kappa shape index (κ1) is 36.6. The van der Waals surface area contributed by atoms with Gasteiger partial charge in [0.15, 0.2) is 17.5 Å². The number of benzene rings is 10. The van der Waals surface area contributed by atoms with Gasteiger partial charge >= 0.3 is 0 Å². The van der Waals surface area contributed by atoms with E-state index in [-0.39, 0.29) is 0 Å². The summed E-state index contributed by atoms with van der Waals surface area (Å²) >= 11 is 0. The van der Waals surface area contributed by atoms with Crippen molar-refractivity contribution in [2.45, 2.75) is 5.41 Å². The Morgan fingerprint density at radius 2 is 0.762 bits per heavy atom. The van der Waals surface area contributed by atoms with Crippen molar-refractivity contribution in [1.82, 2.24) is 15.0 Å². The first-order chi connectivity index (χ1) is 31.2. The van der Waals surface area contributed by atoms with Crippen LogP contribution in [0.1, 0.15) is 22.3 Å². The predicted molar refractivity (Wildman–Crippen MR) is 259 cm³/mol. The molecule has 63 heavy (non-hydrogen) atoms. The van der Waals surface area contributed by atoms with E-state index in [1.54, 1.807) is 0 Å². The molecule has 0 radical (unpaired) electrons. The number of hydrogen-bond donors (Lipinski definition) is 0. The Balaban J connectivity index is 0.997. The number of aromatic nitrogens is 3. The summed E-state index contributed by atoms with van der Waals surface area (Å²) in [6.45, 7) is 0. The maximum absolute atomic E-state index is 5.37. The van der Waals surface area contributed by atoms with Crippen LogP contribution in [0.5, 0.6) is 0 Å². The lowest BCUT2D eigenvalue weighted by Gasteiger charge is -2.33. The van der Waals surface area contributed by atoms with Crippen LogP contribution in [0.4, 0.5) is 0 Å². The van der Waals surface area contributed by atoms with Gasteiger partial charge in [-0.15, -0.1) is 0 Å². The van der Waals surface area contributed by atoms with Gasteiger partial charge in [-0.1, -0.05) is 218 Å². The molecule has 294 valence electrons. The maximum atomic E-state index is 5.37. The van der Waals surface area contributed by atoms with Crippen LogP contribution in [0, 0.1) is 0 Å². The lowest BCUT2D eigenvalue weighted by Crippen LogP contribution is -2.28. The average molecular weight is 802 g/mol. The summed E-state index contributed by atoms with van der Waals surface area (Å²) < 4.78 is 0. The van der Waals surface area contributed by atoms with Crippen LogP contribution in [0.25, 0.3) is 89.1 Å². The zero-order chi connectivity index (χ0) is 41.7. The van der Waals surface area contributed by atoms with Crippen LogP contribution in [-0.2, 0) is 5.41 Å². The van der Waals surface area contributed by atoms with Crippen molar-refractivity contribution < 1.29 is 0 Å². The molecule has 11 aromatic rings. The summed E-state index contributed by atoms with van der Waals surface area (Å²) in [4.78, 5) is 15.8. The Morgan fingerprint density at radius 1 is 0.270 bits per heavy atom. The molecule has 0 unspecified atom stereocenters. The third kappa shape index (κ3) is 6.08. The van der Waals surface area contributed by atoms with E-state index in [2.05, 4.69) is 218 Å². The van der Waals surface area contributed by atoms with Crippen molar-refractivity contribution in [3.05, 3.63) is 259 Å². The molecule has 0 bridgehead atoms. The molecular formula is C60H39N3. The highest BCUT2D eigenvalue weighted by molar-refractivity contribution is 6.00. The van der Waals surface area contributed by atoms with Crippen molar-refractivity contribution in [2.24, 2.45) is 0 Å². The van der Waals surface area contributed by atoms with Crippen LogP contribution in [-0.4, -0.2) is 15.0 Å². The van der Waals surface area contributed by atoms with Crippen molar-refractivity contribution in [3.8, 4) is 67.5 Å². The van der Waals surface area contributed by atoms with E-state index < -0.39 is 5.41 Å². The zero-order valence-corrected chi connectivity index (χ0v) is 34.4. The maximum Gasteiger partial charge on any atom is 0.164 e. The minimum Gasteiger partial charge on any atom is -0.208 e. The molecule has 0 N–H and O–H groups in total. The molecule has 1 heterocycles. The Kier molecular flexibility index (Phi) is 8.72. The van der Waals surface area contributed by atoms with Gasteiger partial charge in [-0.25, -0.2) is 15.0 Å². The van der Waals surface area contributed by atoms with Crippen molar-refractivity contribution in [3.63, 3.8) is 0 Å². The second kappa shape index (κ2) is 15.0. The van der Waals surface area contributed by atoms with Gasteiger partial charge in [0.2, 0.25) is 0 Å². The van der Waals surface area contributed by atoms with Gasteiger partial charge in [0.05, 0.1) is 5.41 Å². The van der Waals surface area contributed by atoms with Crippen LogP contribution >= 0.6 is 0 Å².